The Hall–Kier alpha value is -3.55. The summed E-state index contributed by atoms with van der Waals surface area (Å²) in [6.07, 6.45) is 0. The third kappa shape index (κ3) is 7.36. The zero-order chi connectivity index (χ0) is 20.4. The molecule has 2 aromatic carbocycles. The van der Waals surface area contributed by atoms with Crippen molar-refractivity contribution in [3.05, 3.63) is 60.2 Å². The number of aliphatic carboxylic acids is 1. The number of carboxylic acids is 1. The third-order valence-corrected chi connectivity index (χ3v) is 3.68. The molecule has 2 aromatic rings. The summed E-state index contributed by atoms with van der Waals surface area (Å²) in [4.78, 5) is 35.9. The van der Waals surface area contributed by atoms with Crippen LogP contribution in [0, 0.1) is 0 Å². The lowest BCUT2D eigenvalue weighted by atomic mass is 10.2. The molecule has 0 atom stereocenters. The van der Waals surface area contributed by atoms with E-state index >= 15 is 0 Å². The number of hydrogen-bond acceptors (Lipinski definition) is 5. The number of nitrogens with zero attached hydrogens (tertiary/aromatic N) is 1. The van der Waals surface area contributed by atoms with Gasteiger partial charge in [0.25, 0.3) is 5.91 Å². The number of likely N-dealkylation sites (N-methyl/N-ethyl adjacent to an activating group) is 1. The maximum absolute atomic E-state index is 12.2. The molecule has 8 nitrogen and oxygen atoms in total. The first kappa shape index (κ1) is 20.8. The van der Waals surface area contributed by atoms with Gasteiger partial charge in [0.15, 0.2) is 13.2 Å². The zero-order valence-corrected chi connectivity index (χ0v) is 15.5. The molecular formula is C20H22N2O6. The van der Waals surface area contributed by atoms with Crippen molar-refractivity contribution in [3.8, 4) is 11.5 Å². The van der Waals surface area contributed by atoms with Crippen LogP contribution in [0.5, 0.6) is 11.5 Å². The first-order valence-corrected chi connectivity index (χ1v) is 8.56. The number of carbonyl (C=O) groups excluding carboxylic acids is 2. The Morgan fingerprint density at radius 3 is 2.18 bits per heavy atom. The Morgan fingerprint density at radius 2 is 1.54 bits per heavy atom. The van der Waals surface area contributed by atoms with Gasteiger partial charge in [-0.05, 0) is 29.8 Å². The van der Waals surface area contributed by atoms with Crippen molar-refractivity contribution < 1.29 is 29.0 Å². The van der Waals surface area contributed by atoms with E-state index in [0.717, 1.165) is 5.56 Å². The van der Waals surface area contributed by atoms with Gasteiger partial charge in [-0.3, -0.25) is 9.59 Å². The van der Waals surface area contributed by atoms with Crippen molar-refractivity contribution in [2.24, 2.45) is 0 Å². The molecule has 8 heteroatoms. The molecule has 2 amide bonds. The van der Waals surface area contributed by atoms with E-state index < -0.39 is 12.6 Å². The lowest BCUT2D eigenvalue weighted by Gasteiger charge is -2.18. The number of carbonyl (C=O) groups is 3. The average molecular weight is 386 g/mol. The van der Waals surface area contributed by atoms with Crippen LogP contribution >= 0.6 is 0 Å². The molecule has 0 bridgehead atoms. The minimum absolute atomic E-state index is 0.132. The maximum atomic E-state index is 12.2. The summed E-state index contributed by atoms with van der Waals surface area (Å²) in [5.41, 5.74) is 0.845. The maximum Gasteiger partial charge on any atom is 0.341 e. The molecule has 148 valence electrons. The molecule has 0 aliphatic heterocycles. The van der Waals surface area contributed by atoms with Gasteiger partial charge in [0.1, 0.15) is 11.5 Å². The quantitative estimate of drug-likeness (QED) is 0.638. The SMILES string of the molecule is CN(Cc1ccc(OCC(=O)O)cc1)C(=O)CNC(=O)COc1ccccc1. The van der Waals surface area contributed by atoms with Crippen LogP contribution < -0.4 is 14.8 Å². The van der Waals surface area contributed by atoms with E-state index in [9.17, 15) is 14.4 Å². The topological polar surface area (TPSA) is 105 Å². The standard InChI is InChI=1S/C20H22N2O6/c1-22(12-15-7-9-17(10-8-15)28-14-20(25)26)19(24)11-21-18(23)13-27-16-5-3-2-4-6-16/h2-10H,11-14H2,1H3,(H,21,23)(H,25,26). The molecule has 0 aliphatic rings. The molecule has 2 N–H and O–H groups in total. The minimum atomic E-state index is -1.05. The Kier molecular flexibility index (Phi) is 7.83. The van der Waals surface area contributed by atoms with Crippen LogP contribution in [0.15, 0.2) is 54.6 Å². The monoisotopic (exact) mass is 386 g/mol. The fraction of sp³-hybridized carbons (Fsp3) is 0.250. The van der Waals surface area contributed by atoms with E-state index in [-0.39, 0.29) is 25.0 Å². The lowest BCUT2D eigenvalue weighted by molar-refractivity contribution is -0.139. The highest BCUT2D eigenvalue weighted by molar-refractivity contribution is 5.85. The Balaban J connectivity index is 1.71. The fourth-order valence-electron chi connectivity index (χ4n) is 2.22. The Bertz CT molecular complexity index is 792. The molecular weight excluding hydrogens is 364 g/mol. The van der Waals surface area contributed by atoms with Gasteiger partial charge in [0.2, 0.25) is 5.91 Å². The van der Waals surface area contributed by atoms with E-state index in [4.69, 9.17) is 14.6 Å². The summed E-state index contributed by atoms with van der Waals surface area (Å²) in [6.45, 7) is -0.369. The number of nitrogens with one attached hydrogen (secondary N) is 1. The molecule has 28 heavy (non-hydrogen) atoms. The number of hydrogen-bond donors (Lipinski definition) is 2. The molecule has 2 rings (SSSR count). The predicted octanol–water partition coefficient (Wildman–Crippen LogP) is 1.30. The fourth-order valence-corrected chi connectivity index (χ4v) is 2.22. The first-order valence-electron chi connectivity index (χ1n) is 8.56. The number of rotatable bonds is 10. The van der Waals surface area contributed by atoms with Crippen LogP contribution in [0.2, 0.25) is 0 Å². The smallest absolute Gasteiger partial charge is 0.341 e. The van der Waals surface area contributed by atoms with Crippen LogP contribution in [-0.2, 0) is 20.9 Å². The third-order valence-electron chi connectivity index (χ3n) is 3.68. The van der Waals surface area contributed by atoms with Crippen LogP contribution in [-0.4, -0.2) is 54.6 Å². The molecule has 0 aromatic heterocycles. The zero-order valence-electron chi connectivity index (χ0n) is 15.5. The summed E-state index contributed by atoms with van der Waals surface area (Å²) in [7, 11) is 1.63. The summed E-state index contributed by atoms with van der Waals surface area (Å²) in [5.74, 6) is -0.668. The van der Waals surface area contributed by atoms with Crippen molar-refractivity contribution in [1.29, 1.82) is 0 Å². The minimum Gasteiger partial charge on any atom is -0.484 e. The number of benzene rings is 2. The molecule has 0 radical (unpaired) electrons. The molecule has 0 fully saturated rings. The van der Waals surface area contributed by atoms with E-state index in [1.165, 1.54) is 4.90 Å². The second-order valence-electron chi connectivity index (χ2n) is 5.95. The normalized spacial score (nSPS) is 10.0. The highest BCUT2D eigenvalue weighted by atomic mass is 16.5. The van der Waals surface area contributed by atoms with Crippen LogP contribution in [0.3, 0.4) is 0 Å². The van der Waals surface area contributed by atoms with Crippen molar-refractivity contribution in [2.45, 2.75) is 6.54 Å². The van der Waals surface area contributed by atoms with Gasteiger partial charge in [-0.15, -0.1) is 0 Å². The van der Waals surface area contributed by atoms with E-state index in [1.807, 2.05) is 6.07 Å². The van der Waals surface area contributed by atoms with Crippen molar-refractivity contribution in [1.82, 2.24) is 10.2 Å². The lowest BCUT2D eigenvalue weighted by Crippen LogP contribution is -2.39. The van der Waals surface area contributed by atoms with Gasteiger partial charge >= 0.3 is 5.97 Å². The van der Waals surface area contributed by atoms with E-state index in [1.54, 1.807) is 55.6 Å². The molecule has 0 spiro atoms. The van der Waals surface area contributed by atoms with Gasteiger partial charge in [-0.2, -0.15) is 0 Å². The summed E-state index contributed by atoms with van der Waals surface area (Å²) < 4.78 is 10.4. The van der Waals surface area contributed by atoms with Crippen LogP contribution in [0.25, 0.3) is 0 Å². The largest absolute Gasteiger partial charge is 0.484 e. The van der Waals surface area contributed by atoms with Gasteiger partial charge in [0, 0.05) is 13.6 Å². The van der Waals surface area contributed by atoms with Gasteiger partial charge in [-0.1, -0.05) is 30.3 Å². The van der Waals surface area contributed by atoms with E-state index in [2.05, 4.69) is 5.32 Å². The van der Waals surface area contributed by atoms with Crippen LogP contribution in [0.4, 0.5) is 0 Å². The van der Waals surface area contributed by atoms with Crippen molar-refractivity contribution >= 4 is 17.8 Å². The van der Waals surface area contributed by atoms with Gasteiger partial charge < -0.3 is 24.8 Å². The molecule has 0 saturated carbocycles. The van der Waals surface area contributed by atoms with Crippen molar-refractivity contribution in [2.75, 3.05) is 26.8 Å². The summed E-state index contributed by atoms with van der Waals surface area (Å²) >= 11 is 0. The molecule has 0 heterocycles. The van der Waals surface area contributed by atoms with Gasteiger partial charge in [0.05, 0.1) is 6.54 Å². The van der Waals surface area contributed by atoms with E-state index in [0.29, 0.717) is 18.0 Å². The highest BCUT2D eigenvalue weighted by Crippen LogP contribution is 2.13. The number of carboxylic acid groups (broad SMARTS) is 1. The molecule has 0 unspecified atom stereocenters. The first-order chi connectivity index (χ1) is 13.4. The Labute approximate surface area is 162 Å². The molecule has 0 saturated heterocycles. The van der Waals surface area contributed by atoms with Crippen LogP contribution in [0.1, 0.15) is 5.56 Å². The van der Waals surface area contributed by atoms with Crippen molar-refractivity contribution in [3.63, 3.8) is 0 Å². The number of amides is 2. The average Bonchev–Trinajstić information content (AvgIpc) is 2.70. The second-order valence-corrected chi connectivity index (χ2v) is 5.95. The summed E-state index contributed by atoms with van der Waals surface area (Å²) in [5, 5.41) is 11.1. The summed E-state index contributed by atoms with van der Waals surface area (Å²) in [6, 6.07) is 15.7. The predicted molar refractivity (Wildman–Crippen MR) is 101 cm³/mol. The highest BCUT2D eigenvalue weighted by Gasteiger charge is 2.11. The second kappa shape index (κ2) is 10.6. The van der Waals surface area contributed by atoms with Gasteiger partial charge in [-0.25, -0.2) is 4.79 Å². The number of ether oxygens (including phenoxy) is 2. The Morgan fingerprint density at radius 1 is 0.929 bits per heavy atom. The number of para-hydroxylation sites is 1. The molecule has 0 aliphatic carbocycles.